The predicted molar refractivity (Wildman–Crippen MR) is 110 cm³/mol. The van der Waals surface area contributed by atoms with Gasteiger partial charge in [-0.25, -0.2) is 27.2 Å². The molecule has 166 valence electrons. The molecule has 3 aliphatic rings. The first-order chi connectivity index (χ1) is 14.8. The number of urea groups is 1. The molecule has 0 bridgehead atoms. The Morgan fingerprint density at radius 1 is 1.29 bits per heavy atom. The van der Waals surface area contributed by atoms with Crippen molar-refractivity contribution in [2.24, 2.45) is 4.36 Å². The van der Waals surface area contributed by atoms with Gasteiger partial charge in [0, 0.05) is 18.5 Å². The van der Waals surface area contributed by atoms with Crippen LogP contribution < -0.4 is 14.8 Å². The highest BCUT2D eigenvalue weighted by molar-refractivity contribution is 7.92. The zero-order chi connectivity index (χ0) is 21.9. The fraction of sp³-hybridized carbons (Fsp3) is 0.500. The van der Waals surface area contributed by atoms with Gasteiger partial charge in [-0.15, -0.1) is 4.36 Å². The number of carbonyl (C=O) groups excluding carboxylic acids is 1. The van der Waals surface area contributed by atoms with E-state index < -0.39 is 22.1 Å². The molecule has 0 spiro atoms. The summed E-state index contributed by atoms with van der Waals surface area (Å²) in [4.78, 5) is 13.0. The van der Waals surface area contributed by atoms with Crippen LogP contribution in [0.25, 0.3) is 0 Å². The van der Waals surface area contributed by atoms with E-state index in [2.05, 4.69) is 19.5 Å². The lowest BCUT2D eigenvalue weighted by molar-refractivity contribution is 0.248. The SMILES string of the molecule is CN[S@@](=O)(=NC(=O)Nc1c2c(c(F)c3c1C[C@H](F)C3)CCC2)c1cnn2c1O[C@H](C)C2. The number of nitrogens with zero attached hydrogens (tertiary/aromatic N) is 3. The first kappa shape index (κ1) is 20.4. The van der Waals surface area contributed by atoms with Crippen LogP contribution in [0.1, 0.15) is 35.6 Å². The van der Waals surface area contributed by atoms with Crippen molar-refractivity contribution in [1.29, 1.82) is 0 Å². The van der Waals surface area contributed by atoms with Crippen LogP contribution in [-0.2, 0) is 42.1 Å². The van der Waals surface area contributed by atoms with Crippen molar-refractivity contribution in [2.75, 3.05) is 12.4 Å². The molecule has 31 heavy (non-hydrogen) atoms. The number of alkyl halides is 1. The molecule has 1 aromatic carbocycles. The highest BCUT2D eigenvalue weighted by atomic mass is 32.2. The van der Waals surface area contributed by atoms with Crippen molar-refractivity contribution >= 4 is 21.6 Å². The van der Waals surface area contributed by atoms with Crippen LogP contribution in [0.4, 0.5) is 19.3 Å². The zero-order valence-corrected chi connectivity index (χ0v) is 18.0. The molecule has 8 nitrogen and oxygen atoms in total. The van der Waals surface area contributed by atoms with Gasteiger partial charge >= 0.3 is 6.03 Å². The Balaban J connectivity index is 1.53. The van der Waals surface area contributed by atoms with Crippen molar-refractivity contribution in [2.45, 2.75) is 62.7 Å². The second-order valence-corrected chi connectivity index (χ2v) is 10.2. The van der Waals surface area contributed by atoms with E-state index in [0.29, 0.717) is 53.2 Å². The number of anilines is 1. The minimum absolute atomic E-state index is 0.000212. The number of hydrogen-bond donors (Lipinski definition) is 2. The summed E-state index contributed by atoms with van der Waals surface area (Å²) in [5.74, 6) is -0.0365. The molecule has 0 unspecified atom stereocenters. The fourth-order valence-corrected chi connectivity index (χ4v) is 6.00. The molecule has 2 aliphatic carbocycles. The minimum Gasteiger partial charge on any atom is -0.472 e. The van der Waals surface area contributed by atoms with Crippen LogP contribution in [0, 0.1) is 5.82 Å². The summed E-state index contributed by atoms with van der Waals surface area (Å²) < 4.78 is 56.2. The van der Waals surface area contributed by atoms with Gasteiger partial charge in [0.1, 0.15) is 23.0 Å². The molecule has 2 N–H and O–H groups in total. The third kappa shape index (κ3) is 3.21. The Kier molecular flexibility index (Phi) is 4.78. The molecule has 5 rings (SSSR count). The van der Waals surface area contributed by atoms with Gasteiger partial charge in [-0.1, -0.05) is 0 Å². The molecule has 1 aliphatic heterocycles. The van der Waals surface area contributed by atoms with Crippen molar-refractivity contribution in [3.63, 3.8) is 0 Å². The lowest BCUT2D eigenvalue weighted by atomic mass is 9.98. The fourth-order valence-electron chi connectivity index (χ4n) is 4.73. The standard InChI is InChI=1S/C20H23F2N5O3S/c1-10-9-27-19(30-10)16(8-24-27)31(29,23-2)26-20(28)25-18-13-5-3-4-12(13)17(22)14-6-11(21)7-15(14)18/h8,10-11H,3-7,9H2,1-2H3,(H2,23,25,26,28,29)/t10-,11-,31-/m1/s1. The molecular formula is C20H23F2N5O3S. The lowest BCUT2D eigenvalue weighted by Gasteiger charge is -2.16. The quantitative estimate of drug-likeness (QED) is 0.750. The first-order valence-electron chi connectivity index (χ1n) is 10.3. The van der Waals surface area contributed by atoms with Gasteiger partial charge in [0.2, 0.25) is 5.88 Å². The normalized spacial score (nSPS) is 23.0. The van der Waals surface area contributed by atoms with Gasteiger partial charge in [-0.3, -0.25) is 0 Å². The average molecular weight is 451 g/mol. The monoisotopic (exact) mass is 451 g/mol. The third-order valence-electron chi connectivity index (χ3n) is 6.09. The molecule has 2 heterocycles. The summed E-state index contributed by atoms with van der Waals surface area (Å²) in [6.07, 6.45) is 2.01. The Bertz CT molecular complexity index is 1220. The molecule has 0 fully saturated rings. The van der Waals surface area contributed by atoms with E-state index in [1.54, 1.807) is 4.68 Å². The van der Waals surface area contributed by atoms with Crippen LogP contribution in [0.15, 0.2) is 15.5 Å². The van der Waals surface area contributed by atoms with Gasteiger partial charge < -0.3 is 10.1 Å². The molecule has 2 aromatic rings. The number of hydrogen-bond acceptors (Lipinski definition) is 4. The third-order valence-corrected chi connectivity index (χ3v) is 7.94. The summed E-state index contributed by atoms with van der Waals surface area (Å²) in [6, 6.07) is -0.851. The van der Waals surface area contributed by atoms with E-state index >= 15 is 0 Å². The molecule has 0 saturated heterocycles. The maximum Gasteiger partial charge on any atom is 0.354 e. The van der Waals surface area contributed by atoms with E-state index in [1.165, 1.54) is 13.2 Å². The van der Waals surface area contributed by atoms with E-state index in [0.717, 1.165) is 6.42 Å². The summed E-state index contributed by atoms with van der Waals surface area (Å²) >= 11 is 0. The van der Waals surface area contributed by atoms with Crippen molar-refractivity contribution in [1.82, 2.24) is 14.5 Å². The summed E-state index contributed by atoms with van der Waals surface area (Å²) in [7, 11) is -1.94. The Hall–Kier alpha value is -2.53. The number of ether oxygens (including phenoxy) is 1. The molecule has 0 radical (unpaired) electrons. The van der Waals surface area contributed by atoms with Gasteiger partial charge in [0.15, 0.2) is 9.92 Å². The number of rotatable bonds is 3. The van der Waals surface area contributed by atoms with Crippen LogP contribution in [0.2, 0.25) is 0 Å². The van der Waals surface area contributed by atoms with E-state index in [4.69, 9.17) is 4.74 Å². The first-order valence-corrected chi connectivity index (χ1v) is 11.8. The van der Waals surface area contributed by atoms with E-state index in [-0.39, 0.29) is 29.7 Å². The number of carbonyl (C=O) groups is 1. The van der Waals surface area contributed by atoms with Crippen molar-refractivity contribution in [3.05, 3.63) is 34.3 Å². The number of halogens is 2. The van der Waals surface area contributed by atoms with Crippen molar-refractivity contribution in [3.8, 4) is 5.88 Å². The molecule has 11 heteroatoms. The number of nitrogens with one attached hydrogen (secondary N) is 2. The van der Waals surface area contributed by atoms with Crippen LogP contribution >= 0.6 is 0 Å². The predicted octanol–water partition coefficient (Wildman–Crippen LogP) is 2.92. The van der Waals surface area contributed by atoms with Crippen LogP contribution in [-0.4, -0.2) is 39.3 Å². The molecule has 3 atom stereocenters. The Labute approximate surface area is 178 Å². The summed E-state index contributed by atoms with van der Waals surface area (Å²) in [5, 5.41) is 6.86. The highest BCUT2D eigenvalue weighted by Crippen LogP contribution is 2.41. The zero-order valence-electron chi connectivity index (χ0n) is 17.2. The average Bonchev–Trinajstić information content (AvgIpc) is 3.47. The number of amides is 2. The van der Waals surface area contributed by atoms with E-state index in [1.807, 2.05) is 6.92 Å². The number of benzene rings is 1. The van der Waals surface area contributed by atoms with E-state index in [9.17, 15) is 17.8 Å². The maximum absolute atomic E-state index is 14.9. The molecule has 2 amide bonds. The smallest absolute Gasteiger partial charge is 0.354 e. The summed E-state index contributed by atoms with van der Waals surface area (Å²) in [6.45, 7) is 2.37. The van der Waals surface area contributed by atoms with Crippen LogP contribution in [0.5, 0.6) is 5.88 Å². The lowest BCUT2D eigenvalue weighted by Crippen LogP contribution is -2.23. The Morgan fingerprint density at radius 2 is 2.03 bits per heavy atom. The minimum atomic E-state index is -3.37. The molecular weight excluding hydrogens is 428 g/mol. The van der Waals surface area contributed by atoms with Crippen molar-refractivity contribution < 1.29 is 22.5 Å². The van der Waals surface area contributed by atoms with Gasteiger partial charge in [0.25, 0.3) is 0 Å². The second-order valence-electron chi connectivity index (χ2n) is 8.14. The Morgan fingerprint density at radius 3 is 2.81 bits per heavy atom. The second kappa shape index (κ2) is 7.27. The highest BCUT2D eigenvalue weighted by Gasteiger charge is 2.34. The van der Waals surface area contributed by atoms with Gasteiger partial charge in [-0.2, -0.15) is 5.10 Å². The molecule has 1 aromatic heterocycles. The molecule has 0 saturated carbocycles. The topological polar surface area (TPSA) is 97.6 Å². The largest absolute Gasteiger partial charge is 0.472 e. The number of aromatic nitrogens is 2. The number of fused-ring (bicyclic) bond motifs is 3. The maximum atomic E-state index is 14.9. The summed E-state index contributed by atoms with van der Waals surface area (Å²) in [5.41, 5.74) is 2.45. The van der Waals surface area contributed by atoms with Gasteiger partial charge in [0.05, 0.1) is 12.7 Å². The van der Waals surface area contributed by atoms with Gasteiger partial charge in [-0.05, 0) is 55.5 Å². The van der Waals surface area contributed by atoms with Crippen LogP contribution in [0.3, 0.4) is 0 Å².